The zero-order valence-electron chi connectivity index (χ0n) is 16.1. The molecule has 3 rings (SSSR count). The first kappa shape index (κ1) is 18.9. The first-order valence-electron chi connectivity index (χ1n) is 9.00. The Labute approximate surface area is 159 Å². The average molecular weight is 371 g/mol. The number of nitrogens with one attached hydrogen (secondary N) is 1. The van der Waals surface area contributed by atoms with Crippen LogP contribution in [-0.2, 0) is 13.0 Å². The van der Waals surface area contributed by atoms with Crippen LogP contribution in [0.3, 0.4) is 0 Å². The Morgan fingerprint density at radius 2 is 1.85 bits per heavy atom. The Bertz CT molecular complexity index is 811. The van der Waals surface area contributed by atoms with Gasteiger partial charge in [0, 0.05) is 35.7 Å². The highest BCUT2D eigenvalue weighted by molar-refractivity contribution is 5.95. The van der Waals surface area contributed by atoms with Crippen LogP contribution in [0.4, 0.5) is 0 Å². The van der Waals surface area contributed by atoms with Crippen molar-refractivity contribution in [2.45, 2.75) is 32.9 Å². The third kappa shape index (κ3) is 4.27. The number of fused-ring (bicyclic) bond motifs is 1. The molecule has 1 aliphatic heterocycles. The van der Waals surface area contributed by atoms with E-state index in [2.05, 4.69) is 5.32 Å². The van der Waals surface area contributed by atoms with E-state index in [0.29, 0.717) is 30.2 Å². The van der Waals surface area contributed by atoms with E-state index in [9.17, 15) is 4.79 Å². The highest BCUT2D eigenvalue weighted by atomic mass is 16.5. The van der Waals surface area contributed by atoms with E-state index in [1.54, 1.807) is 32.4 Å². The van der Waals surface area contributed by atoms with Crippen molar-refractivity contribution in [3.8, 4) is 23.0 Å². The highest BCUT2D eigenvalue weighted by Crippen LogP contribution is 2.35. The topological polar surface area (TPSA) is 66.0 Å². The van der Waals surface area contributed by atoms with Gasteiger partial charge in [0.15, 0.2) is 0 Å². The fourth-order valence-corrected chi connectivity index (χ4v) is 3.13. The summed E-state index contributed by atoms with van der Waals surface area (Å²) >= 11 is 0. The van der Waals surface area contributed by atoms with Crippen LogP contribution in [0.25, 0.3) is 0 Å². The lowest BCUT2D eigenvalue weighted by Gasteiger charge is -2.14. The summed E-state index contributed by atoms with van der Waals surface area (Å²) in [4.78, 5) is 12.6. The summed E-state index contributed by atoms with van der Waals surface area (Å²) in [6, 6.07) is 9.04. The molecule has 1 amide bonds. The third-order valence-corrected chi connectivity index (χ3v) is 4.43. The monoisotopic (exact) mass is 371 g/mol. The number of rotatable bonds is 7. The number of ether oxygens (including phenoxy) is 4. The zero-order chi connectivity index (χ0) is 19.4. The fraction of sp³-hybridized carbons (Fsp3) is 0.381. The summed E-state index contributed by atoms with van der Waals surface area (Å²) < 4.78 is 22.0. The predicted octanol–water partition coefficient (Wildman–Crippen LogP) is 3.36. The largest absolute Gasteiger partial charge is 0.497 e. The van der Waals surface area contributed by atoms with Gasteiger partial charge < -0.3 is 24.3 Å². The molecule has 27 heavy (non-hydrogen) atoms. The number of amides is 1. The maximum atomic E-state index is 12.6. The van der Waals surface area contributed by atoms with Gasteiger partial charge in [0.25, 0.3) is 5.91 Å². The molecule has 2 aromatic rings. The minimum absolute atomic E-state index is 0.156. The molecule has 1 N–H and O–H groups in total. The molecule has 0 saturated carbocycles. The Morgan fingerprint density at radius 1 is 1.15 bits per heavy atom. The molecule has 0 bridgehead atoms. The summed E-state index contributed by atoms with van der Waals surface area (Å²) in [6.45, 7) is 4.87. The molecule has 0 unspecified atom stereocenters. The van der Waals surface area contributed by atoms with E-state index in [1.807, 2.05) is 26.0 Å². The number of hydrogen-bond acceptors (Lipinski definition) is 5. The summed E-state index contributed by atoms with van der Waals surface area (Å²) in [5.74, 6) is 2.55. The predicted molar refractivity (Wildman–Crippen MR) is 102 cm³/mol. The van der Waals surface area contributed by atoms with Gasteiger partial charge in [-0.2, -0.15) is 0 Å². The van der Waals surface area contributed by atoms with Crippen LogP contribution < -0.4 is 24.3 Å². The van der Waals surface area contributed by atoms with Gasteiger partial charge in [-0.3, -0.25) is 4.79 Å². The van der Waals surface area contributed by atoms with Crippen LogP contribution >= 0.6 is 0 Å². The molecule has 6 nitrogen and oxygen atoms in total. The van der Waals surface area contributed by atoms with Gasteiger partial charge in [0.1, 0.15) is 29.1 Å². The van der Waals surface area contributed by atoms with E-state index in [0.717, 1.165) is 29.0 Å². The maximum absolute atomic E-state index is 12.6. The third-order valence-electron chi connectivity index (χ3n) is 4.43. The first-order valence-corrected chi connectivity index (χ1v) is 9.00. The van der Waals surface area contributed by atoms with Crippen LogP contribution in [0.15, 0.2) is 30.3 Å². The summed E-state index contributed by atoms with van der Waals surface area (Å²) in [5, 5.41) is 2.93. The lowest BCUT2D eigenvalue weighted by atomic mass is 10.1. The van der Waals surface area contributed by atoms with Crippen molar-refractivity contribution in [1.29, 1.82) is 0 Å². The Kier molecular flexibility index (Phi) is 5.74. The molecular weight excluding hydrogens is 346 g/mol. The van der Waals surface area contributed by atoms with Crippen molar-refractivity contribution in [3.05, 3.63) is 47.0 Å². The van der Waals surface area contributed by atoms with Crippen LogP contribution in [0.1, 0.15) is 35.3 Å². The van der Waals surface area contributed by atoms with Crippen LogP contribution in [0.2, 0.25) is 0 Å². The standard InChI is InChI=1S/C21H25NO5/c1-5-26-19-9-14-6-13(2)27-20(14)10-16(19)12-22-21(23)15-7-17(24-3)11-18(8-15)25-4/h7-11,13H,5-6,12H2,1-4H3,(H,22,23)/t13-/m1/s1. The van der Waals surface area contributed by atoms with Gasteiger partial charge in [-0.1, -0.05) is 0 Å². The minimum Gasteiger partial charge on any atom is -0.497 e. The second kappa shape index (κ2) is 8.20. The molecule has 2 aromatic carbocycles. The summed E-state index contributed by atoms with van der Waals surface area (Å²) in [5.41, 5.74) is 2.49. The van der Waals surface area contributed by atoms with Gasteiger partial charge in [-0.15, -0.1) is 0 Å². The molecule has 0 spiro atoms. The number of benzene rings is 2. The van der Waals surface area contributed by atoms with E-state index in [1.165, 1.54) is 0 Å². The van der Waals surface area contributed by atoms with E-state index in [-0.39, 0.29) is 12.0 Å². The van der Waals surface area contributed by atoms with E-state index >= 15 is 0 Å². The van der Waals surface area contributed by atoms with Gasteiger partial charge in [-0.25, -0.2) is 0 Å². The lowest BCUT2D eigenvalue weighted by Crippen LogP contribution is -2.23. The zero-order valence-corrected chi connectivity index (χ0v) is 16.1. The van der Waals surface area contributed by atoms with Gasteiger partial charge in [0.2, 0.25) is 0 Å². The number of hydrogen-bond donors (Lipinski definition) is 1. The number of methoxy groups -OCH3 is 2. The molecule has 0 radical (unpaired) electrons. The molecular formula is C21H25NO5. The van der Waals surface area contributed by atoms with Gasteiger partial charge in [0.05, 0.1) is 20.8 Å². The lowest BCUT2D eigenvalue weighted by molar-refractivity contribution is 0.0950. The molecule has 1 atom stereocenters. The molecule has 1 aliphatic rings. The van der Waals surface area contributed by atoms with Crippen LogP contribution in [-0.4, -0.2) is 32.8 Å². The normalized spacial score (nSPS) is 14.9. The van der Waals surface area contributed by atoms with Crippen LogP contribution in [0.5, 0.6) is 23.0 Å². The smallest absolute Gasteiger partial charge is 0.251 e. The fourth-order valence-electron chi connectivity index (χ4n) is 3.13. The Balaban J connectivity index is 1.78. The molecule has 6 heteroatoms. The second-order valence-electron chi connectivity index (χ2n) is 6.42. The number of carbonyl (C=O) groups is 1. The maximum Gasteiger partial charge on any atom is 0.251 e. The van der Waals surface area contributed by atoms with Crippen molar-refractivity contribution < 1.29 is 23.7 Å². The van der Waals surface area contributed by atoms with Gasteiger partial charge in [-0.05, 0) is 38.1 Å². The van der Waals surface area contributed by atoms with Crippen molar-refractivity contribution in [3.63, 3.8) is 0 Å². The highest BCUT2D eigenvalue weighted by Gasteiger charge is 2.22. The second-order valence-corrected chi connectivity index (χ2v) is 6.42. The minimum atomic E-state index is -0.218. The average Bonchev–Trinajstić information content (AvgIpc) is 3.04. The van der Waals surface area contributed by atoms with Crippen molar-refractivity contribution in [2.75, 3.05) is 20.8 Å². The molecule has 0 saturated heterocycles. The first-order chi connectivity index (χ1) is 13.0. The Morgan fingerprint density at radius 3 is 2.48 bits per heavy atom. The van der Waals surface area contributed by atoms with Gasteiger partial charge >= 0.3 is 0 Å². The SMILES string of the molecule is CCOc1cc2c(cc1CNC(=O)c1cc(OC)cc(OC)c1)O[C@H](C)C2. The van der Waals surface area contributed by atoms with Crippen molar-refractivity contribution in [1.82, 2.24) is 5.32 Å². The van der Waals surface area contributed by atoms with E-state index in [4.69, 9.17) is 18.9 Å². The summed E-state index contributed by atoms with van der Waals surface area (Å²) in [7, 11) is 3.10. The van der Waals surface area contributed by atoms with Crippen molar-refractivity contribution in [2.24, 2.45) is 0 Å². The molecule has 0 aliphatic carbocycles. The quantitative estimate of drug-likeness (QED) is 0.808. The molecule has 144 valence electrons. The molecule has 1 heterocycles. The molecule has 0 aromatic heterocycles. The number of carbonyl (C=O) groups excluding carboxylic acids is 1. The van der Waals surface area contributed by atoms with Crippen LogP contribution in [0, 0.1) is 0 Å². The van der Waals surface area contributed by atoms with E-state index < -0.39 is 0 Å². The van der Waals surface area contributed by atoms with Crippen molar-refractivity contribution >= 4 is 5.91 Å². The summed E-state index contributed by atoms with van der Waals surface area (Å²) in [6.07, 6.45) is 1.02. The molecule has 0 fully saturated rings. The Hall–Kier alpha value is -2.89.